The Labute approximate surface area is 150 Å². The molecule has 9 heteroatoms. The predicted octanol–water partition coefficient (Wildman–Crippen LogP) is 4.91. The number of aryl methyl sites for hydroxylation is 1. The highest BCUT2D eigenvalue weighted by Crippen LogP contribution is 2.32. The van der Waals surface area contributed by atoms with Crippen molar-refractivity contribution in [3.05, 3.63) is 35.6 Å². The minimum Gasteiger partial charge on any atom is -0.345 e. The SMILES string of the molecule is Cc1nc2ccc(-c3c[nH]c4nc(N[C@H](C)C(F)(F)F)ncc34)cc2s1. The lowest BCUT2D eigenvalue weighted by Gasteiger charge is -2.16. The van der Waals surface area contributed by atoms with Crippen molar-refractivity contribution in [2.24, 2.45) is 0 Å². The number of nitrogens with zero attached hydrogens (tertiary/aromatic N) is 3. The van der Waals surface area contributed by atoms with Crippen molar-refractivity contribution in [2.75, 3.05) is 5.32 Å². The maximum atomic E-state index is 12.7. The molecule has 1 atom stereocenters. The van der Waals surface area contributed by atoms with E-state index in [-0.39, 0.29) is 5.95 Å². The van der Waals surface area contributed by atoms with Gasteiger partial charge in [0.1, 0.15) is 11.7 Å². The lowest BCUT2D eigenvalue weighted by molar-refractivity contribution is -0.138. The molecule has 26 heavy (non-hydrogen) atoms. The van der Waals surface area contributed by atoms with Crippen LogP contribution < -0.4 is 5.32 Å². The molecule has 0 amide bonds. The zero-order valence-electron chi connectivity index (χ0n) is 13.8. The zero-order chi connectivity index (χ0) is 18.5. The summed E-state index contributed by atoms with van der Waals surface area (Å²) < 4.78 is 39.1. The Morgan fingerprint density at radius 2 is 2.04 bits per heavy atom. The number of alkyl halides is 3. The minimum atomic E-state index is -4.36. The molecule has 0 aliphatic rings. The number of fused-ring (bicyclic) bond motifs is 2. The van der Waals surface area contributed by atoms with Crippen LogP contribution in [0.2, 0.25) is 0 Å². The van der Waals surface area contributed by atoms with Crippen LogP contribution in [0.15, 0.2) is 30.6 Å². The fourth-order valence-electron chi connectivity index (χ4n) is 2.70. The summed E-state index contributed by atoms with van der Waals surface area (Å²) in [7, 11) is 0. The number of aromatic amines is 1. The van der Waals surface area contributed by atoms with Gasteiger partial charge in [0.25, 0.3) is 0 Å². The summed E-state index contributed by atoms with van der Waals surface area (Å²) in [6.45, 7) is 2.99. The van der Waals surface area contributed by atoms with Crippen LogP contribution in [-0.4, -0.2) is 32.2 Å². The first-order chi connectivity index (χ1) is 12.3. The minimum absolute atomic E-state index is 0.0655. The number of rotatable bonds is 3. The molecule has 5 nitrogen and oxygen atoms in total. The zero-order valence-corrected chi connectivity index (χ0v) is 14.7. The molecule has 3 heterocycles. The van der Waals surface area contributed by atoms with Gasteiger partial charge in [0, 0.05) is 23.3 Å². The maximum Gasteiger partial charge on any atom is 0.408 e. The highest BCUT2D eigenvalue weighted by atomic mass is 32.1. The Kier molecular flexibility index (Phi) is 3.83. The molecule has 0 saturated carbocycles. The Hall–Kier alpha value is -2.68. The molecule has 0 saturated heterocycles. The van der Waals surface area contributed by atoms with E-state index in [2.05, 4.69) is 25.3 Å². The van der Waals surface area contributed by atoms with E-state index in [4.69, 9.17) is 0 Å². The number of halogens is 3. The molecule has 0 aliphatic carbocycles. The molecule has 2 N–H and O–H groups in total. The van der Waals surface area contributed by atoms with Crippen LogP contribution in [0.1, 0.15) is 11.9 Å². The highest BCUT2D eigenvalue weighted by molar-refractivity contribution is 7.18. The number of anilines is 1. The van der Waals surface area contributed by atoms with Gasteiger partial charge in [-0.3, -0.25) is 0 Å². The summed E-state index contributed by atoms with van der Waals surface area (Å²) in [6.07, 6.45) is -1.05. The van der Waals surface area contributed by atoms with Gasteiger partial charge in [0.05, 0.1) is 15.2 Å². The molecule has 134 valence electrons. The largest absolute Gasteiger partial charge is 0.408 e. The second-order valence-corrected chi connectivity index (χ2v) is 7.22. The van der Waals surface area contributed by atoms with Crippen molar-refractivity contribution in [2.45, 2.75) is 26.1 Å². The van der Waals surface area contributed by atoms with Crippen molar-refractivity contribution < 1.29 is 13.2 Å². The standard InChI is InChI=1S/C17H14F3N5S/c1-8(17(18,19)20)23-16-22-7-12-11(6-21-15(12)25-16)10-3-4-13-14(5-10)26-9(2)24-13/h3-8H,1-2H3,(H2,21,22,23,25)/t8-/m1/s1. The summed E-state index contributed by atoms with van der Waals surface area (Å²) in [4.78, 5) is 15.6. The molecule has 0 fully saturated rings. The summed E-state index contributed by atoms with van der Waals surface area (Å²) in [6, 6.07) is 4.23. The normalized spacial score (nSPS) is 13.4. The van der Waals surface area contributed by atoms with Gasteiger partial charge in [-0.2, -0.15) is 18.2 Å². The van der Waals surface area contributed by atoms with Gasteiger partial charge >= 0.3 is 6.18 Å². The molecule has 0 aliphatic heterocycles. The Morgan fingerprint density at radius 3 is 2.81 bits per heavy atom. The molecule has 0 radical (unpaired) electrons. The summed E-state index contributed by atoms with van der Waals surface area (Å²) in [5.41, 5.74) is 3.29. The van der Waals surface area contributed by atoms with Crippen molar-refractivity contribution in [1.82, 2.24) is 19.9 Å². The molecule has 0 spiro atoms. The summed E-state index contributed by atoms with van der Waals surface area (Å²) >= 11 is 1.61. The first-order valence-electron chi connectivity index (χ1n) is 7.86. The first-order valence-corrected chi connectivity index (χ1v) is 8.68. The first kappa shape index (κ1) is 16.8. The molecule has 3 aromatic heterocycles. The van der Waals surface area contributed by atoms with E-state index in [0.717, 1.165) is 38.7 Å². The average molecular weight is 377 g/mol. The number of hydrogen-bond acceptors (Lipinski definition) is 5. The molecule has 4 rings (SSSR count). The molecular weight excluding hydrogens is 363 g/mol. The third kappa shape index (κ3) is 2.98. The molecule has 0 unspecified atom stereocenters. The average Bonchev–Trinajstić information content (AvgIpc) is 3.14. The quantitative estimate of drug-likeness (QED) is 0.533. The summed E-state index contributed by atoms with van der Waals surface area (Å²) in [5, 5.41) is 4.02. The van der Waals surface area contributed by atoms with E-state index in [1.54, 1.807) is 17.5 Å². The van der Waals surface area contributed by atoms with E-state index in [1.165, 1.54) is 6.20 Å². The van der Waals surface area contributed by atoms with E-state index in [0.29, 0.717) is 5.65 Å². The molecule has 4 aromatic rings. The maximum absolute atomic E-state index is 12.7. The number of H-pyrrole nitrogens is 1. The molecule has 1 aromatic carbocycles. The van der Waals surface area contributed by atoms with Crippen LogP contribution in [0.3, 0.4) is 0 Å². The third-order valence-electron chi connectivity index (χ3n) is 4.08. The van der Waals surface area contributed by atoms with E-state index < -0.39 is 12.2 Å². The Morgan fingerprint density at radius 1 is 1.23 bits per heavy atom. The van der Waals surface area contributed by atoms with Crippen molar-refractivity contribution >= 4 is 38.5 Å². The topological polar surface area (TPSA) is 66.5 Å². The van der Waals surface area contributed by atoms with E-state index in [9.17, 15) is 13.2 Å². The van der Waals surface area contributed by atoms with E-state index in [1.807, 2.05) is 25.1 Å². The Balaban J connectivity index is 1.70. The van der Waals surface area contributed by atoms with Gasteiger partial charge < -0.3 is 10.3 Å². The van der Waals surface area contributed by atoms with Gasteiger partial charge in [-0.15, -0.1) is 11.3 Å². The van der Waals surface area contributed by atoms with Crippen molar-refractivity contribution in [1.29, 1.82) is 0 Å². The van der Waals surface area contributed by atoms with Crippen LogP contribution in [0.4, 0.5) is 19.1 Å². The number of thiazole rings is 1. The molecular formula is C17H14F3N5S. The van der Waals surface area contributed by atoms with Crippen LogP contribution in [0.25, 0.3) is 32.4 Å². The fourth-order valence-corrected chi connectivity index (χ4v) is 3.56. The van der Waals surface area contributed by atoms with Crippen LogP contribution >= 0.6 is 11.3 Å². The van der Waals surface area contributed by atoms with Gasteiger partial charge in [-0.1, -0.05) is 6.07 Å². The third-order valence-corrected chi connectivity index (χ3v) is 5.01. The van der Waals surface area contributed by atoms with Crippen molar-refractivity contribution in [3.63, 3.8) is 0 Å². The number of hydrogen-bond donors (Lipinski definition) is 2. The van der Waals surface area contributed by atoms with Crippen LogP contribution in [0, 0.1) is 6.92 Å². The van der Waals surface area contributed by atoms with Gasteiger partial charge in [-0.05, 0) is 31.5 Å². The predicted molar refractivity (Wildman–Crippen MR) is 96.4 cm³/mol. The smallest absolute Gasteiger partial charge is 0.345 e. The second-order valence-electron chi connectivity index (χ2n) is 5.98. The number of aromatic nitrogens is 4. The molecule has 0 bridgehead atoms. The van der Waals surface area contributed by atoms with Crippen LogP contribution in [0.5, 0.6) is 0 Å². The Bertz CT molecular complexity index is 1100. The lowest BCUT2D eigenvalue weighted by Crippen LogP contribution is -2.33. The summed E-state index contributed by atoms with van der Waals surface area (Å²) in [5.74, 6) is -0.0655. The van der Waals surface area contributed by atoms with Gasteiger partial charge in [-0.25, -0.2) is 9.97 Å². The van der Waals surface area contributed by atoms with Crippen molar-refractivity contribution in [3.8, 4) is 11.1 Å². The monoisotopic (exact) mass is 377 g/mol. The van der Waals surface area contributed by atoms with Gasteiger partial charge in [0.15, 0.2) is 0 Å². The van der Waals surface area contributed by atoms with Crippen LogP contribution in [-0.2, 0) is 0 Å². The number of benzene rings is 1. The van der Waals surface area contributed by atoms with E-state index >= 15 is 0 Å². The highest BCUT2D eigenvalue weighted by Gasteiger charge is 2.36. The van der Waals surface area contributed by atoms with Gasteiger partial charge in [0.2, 0.25) is 5.95 Å². The fraction of sp³-hybridized carbons (Fsp3) is 0.235. The second kappa shape index (κ2) is 5.94. The number of nitrogens with one attached hydrogen (secondary N) is 2. The lowest BCUT2D eigenvalue weighted by atomic mass is 10.1.